The lowest BCUT2D eigenvalue weighted by Gasteiger charge is -2.14. The van der Waals surface area contributed by atoms with Crippen molar-refractivity contribution >= 4 is 40.2 Å². The molecule has 0 saturated carbocycles. The second-order valence-corrected chi connectivity index (χ2v) is 7.96. The molecule has 11 heteroatoms. The molecule has 0 saturated heterocycles. The number of hydrogen-bond acceptors (Lipinski definition) is 7. The van der Waals surface area contributed by atoms with Gasteiger partial charge in [0.2, 0.25) is 0 Å². The summed E-state index contributed by atoms with van der Waals surface area (Å²) < 4.78 is 37.5. The number of ether oxygens (including phenoxy) is 2. The Hall–Kier alpha value is -4.56. The predicted molar refractivity (Wildman–Crippen MR) is 139 cm³/mol. The molecule has 0 atom stereocenters. The van der Waals surface area contributed by atoms with Crippen LogP contribution in [0.2, 0.25) is 0 Å². The fourth-order valence-corrected chi connectivity index (χ4v) is 3.88. The number of rotatable bonds is 8. The van der Waals surface area contributed by atoms with Gasteiger partial charge in [0.1, 0.15) is 17.6 Å². The number of imidazole rings is 1. The Kier molecular flexibility index (Phi) is 9.07. The summed E-state index contributed by atoms with van der Waals surface area (Å²) in [6, 6.07) is 9.57. The first kappa shape index (κ1) is 27.0. The van der Waals surface area contributed by atoms with Gasteiger partial charge in [-0.3, -0.25) is 9.20 Å². The first-order valence-corrected chi connectivity index (χ1v) is 12.0. The SMILES string of the molecule is C=C(C)Oc1c(/C=C/c2nc3sccn3c2C(=O)Nc2ccc(C#N)cn2)cccc1OC(F)F.CC. The maximum absolute atomic E-state index is 13.1. The van der Waals surface area contributed by atoms with E-state index in [1.54, 1.807) is 47.2 Å². The molecule has 0 aliphatic heterocycles. The topological polar surface area (TPSA) is 102 Å². The van der Waals surface area contributed by atoms with Crippen LogP contribution in [-0.4, -0.2) is 26.9 Å². The number of carbonyl (C=O) groups is 1. The number of thiazole rings is 1. The van der Waals surface area contributed by atoms with Crippen LogP contribution in [0.4, 0.5) is 14.6 Å². The Morgan fingerprint density at radius 2 is 2.05 bits per heavy atom. The number of aromatic nitrogens is 3. The zero-order valence-corrected chi connectivity index (χ0v) is 21.1. The Bertz CT molecular complexity index is 1470. The summed E-state index contributed by atoms with van der Waals surface area (Å²) in [5, 5.41) is 13.4. The van der Waals surface area contributed by atoms with Gasteiger partial charge in [0, 0.05) is 23.3 Å². The maximum atomic E-state index is 13.1. The van der Waals surface area contributed by atoms with Crippen LogP contribution in [0.3, 0.4) is 0 Å². The van der Waals surface area contributed by atoms with Crippen LogP contribution in [0.15, 0.2) is 60.4 Å². The van der Waals surface area contributed by atoms with E-state index in [2.05, 4.69) is 26.6 Å². The molecule has 0 aliphatic carbocycles. The largest absolute Gasteiger partial charge is 0.458 e. The molecule has 0 aliphatic rings. The van der Waals surface area contributed by atoms with Crippen LogP contribution >= 0.6 is 11.3 Å². The van der Waals surface area contributed by atoms with Crippen molar-refractivity contribution in [3.63, 3.8) is 0 Å². The van der Waals surface area contributed by atoms with Gasteiger partial charge in [0.15, 0.2) is 16.5 Å². The number of nitriles is 1. The number of amides is 1. The molecule has 0 spiro atoms. The van der Waals surface area contributed by atoms with Gasteiger partial charge in [0.05, 0.1) is 17.0 Å². The Morgan fingerprint density at radius 3 is 2.70 bits per heavy atom. The predicted octanol–water partition coefficient (Wildman–Crippen LogP) is 6.63. The average Bonchev–Trinajstić information content (AvgIpc) is 3.46. The van der Waals surface area contributed by atoms with Gasteiger partial charge in [-0.2, -0.15) is 14.0 Å². The number of pyridine rings is 1. The average molecular weight is 524 g/mol. The molecule has 3 heterocycles. The van der Waals surface area contributed by atoms with Crippen molar-refractivity contribution in [2.24, 2.45) is 0 Å². The van der Waals surface area contributed by atoms with E-state index in [-0.39, 0.29) is 28.8 Å². The van der Waals surface area contributed by atoms with Gasteiger partial charge in [-0.25, -0.2) is 9.97 Å². The summed E-state index contributed by atoms with van der Waals surface area (Å²) >= 11 is 1.34. The molecule has 0 bridgehead atoms. The first-order chi connectivity index (χ1) is 17.9. The van der Waals surface area contributed by atoms with Gasteiger partial charge in [-0.05, 0) is 37.3 Å². The van der Waals surface area contributed by atoms with E-state index in [4.69, 9.17) is 10.00 Å². The molecule has 1 N–H and O–H groups in total. The number of nitrogens with zero attached hydrogens (tertiary/aromatic N) is 4. The number of carbonyl (C=O) groups excluding carboxylic acids is 1. The van der Waals surface area contributed by atoms with E-state index in [0.717, 1.165) is 0 Å². The van der Waals surface area contributed by atoms with Gasteiger partial charge in [0.25, 0.3) is 5.91 Å². The molecule has 8 nitrogen and oxygen atoms in total. The lowest BCUT2D eigenvalue weighted by atomic mass is 10.1. The van der Waals surface area contributed by atoms with Crippen LogP contribution in [0.1, 0.15) is 48.1 Å². The minimum absolute atomic E-state index is 0.0605. The van der Waals surface area contributed by atoms with Gasteiger partial charge in [-0.1, -0.05) is 32.6 Å². The van der Waals surface area contributed by atoms with Gasteiger partial charge < -0.3 is 14.8 Å². The maximum Gasteiger partial charge on any atom is 0.387 e. The summed E-state index contributed by atoms with van der Waals surface area (Å²) in [5.74, 6) is -0.0160. The van der Waals surface area contributed by atoms with Crippen molar-refractivity contribution in [2.45, 2.75) is 27.4 Å². The number of anilines is 1. The molecule has 1 aromatic carbocycles. The van der Waals surface area contributed by atoms with Crippen LogP contribution in [0.25, 0.3) is 17.1 Å². The van der Waals surface area contributed by atoms with E-state index in [1.807, 2.05) is 19.9 Å². The molecule has 0 fully saturated rings. The van der Waals surface area contributed by atoms with Crippen molar-refractivity contribution in [1.82, 2.24) is 14.4 Å². The lowest BCUT2D eigenvalue weighted by Crippen LogP contribution is -2.16. The smallest absolute Gasteiger partial charge is 0.387 e. The van der Waals surface area contributed by atoms with E-state index >= 15 is 0 Å². The van der Waals surface area contributed by atoms with Crippen LogP contribution < -0.4 is 14.8 Å². The Morgan fingerprint density at radius 1 is 1.27 bits per heavy atom. The highest BCUT2D eigenvalue weighted by molar-refractivity contribution is 7.15. The fraction of sp³-hybridized carbons (Fsp3) is 0.154. The third kappa shape index (κ3) is 6.56. The van der Waals surface area contributed by atoms with Crippen LogP contribution in [-0.2, 0) is 0 Å². The van der Waals surface area contributed by atoms with Crippen LogP contribution in [0, 0.1) is 11.3 Å². The number of alkyl halides is 2. The number of fused-ring (bicyclic) bond motifs is 1. The monoisotopic (exact) mass is 523 g/mol. The molecule has 37 heavy (non-hydrogen) atoms. The zero-order valence-electron chi connectivity index (χ0n) is 20.2. The molecule has 0 unspecified atom stereocenters. The minimum atomic E-state index is -3.03. The quantitative estimate of drug-likeness (QED) is 0.260. The number of nitrogens with one attached hydrogen (secondary N) is 1. The number of hydrogen-bond donors (Lipinski definition) is 1. The van der Waals surface area contributed by atoms with Crippen molar-refractivity contribution in [3.8, 4) is 17.6 Å². The highest BCUT2D eigenvalue weighted by Gasteiger charge is 2.20. The van der Waals surface area contributed by atoms with Crippen LogP contribution in [0.5, 0.6) is 11.5 Å². The summed E-state index contributed by atoms with van der Waals surface area (Å²) in [4.78, 5) is 22.3. The Balaban J connectivity index is 0.00000186. The fourth-order valence-electron chi connectivity index (χ4n) is 3.16. The molecular formula is C26H23F2N5O3S. The minimum Gasteiger partial charge on any atom is -0.458 e. The molecule has 190 valence electrons. The summed E-state index contributed by atoms with van der Waals surface area (Å²) in [6.45, 7) is 6.20. The Labute approximate surface area is 216 Å². The summed E-state index contributed by atoms with van der Waals surface area (Å²) in [5.41, 5.74) is 1.36. The molecule has 4 rings (SSSR count). The van der Waals surface area contributed by atoms with Crippen molar-refractivity contribution in [2.75, 3.05) is 5.32 Å². The highest BCUT2D eigenvalue weighted by atomic mass is 32.1. The van der Waals surface area contributed by atoms with E-state index < -0.39 is 12.5 Å². The third-order valence-corrected chi connectivity index (χ3v) is 5.32. The van der Waals surface area contributed by atoms with E-state index in [0.29, 0.717) is 21.8 Å². The van der Waals surface area contributed by atoms with Crippen molar-refractivity contribution in [1.29, 1.82) is 5.26 Å². The molecule has 3 aromatic heterocycles. The van der Waals surface area contributed by atoms with Crippen molar-refractivity contribution in [3.05, 3.63) is 83.0 Å². The second kappa shape index (κ2) is 12.4. The number of allylic oxidation sites excluding steroid dienone is 1. The summed E-state index contributed by atoms with van der Waals surface area (Å²) in [7, 11) is 0. The number of halogens is 2. The third-order valence-electron chi connectivity index (χ3n) is 4.56. The summed E-state index contributed by atoms with van der Waals surface area (Å²) in [6.07, 6.45) is 6.22. The lowest BCUT2D eigenvalue weighted by molar-refractivity contribution is -0.0511. The second-order valence-electron chi connectivity index (χ2n) is 7.09. The highest BCUT2D eigenvalue weighted by Crippen LogP contribution is 2.35. The molecule has 1 amide bonds. The molecule has 4 aromatic rings. The van der Waals surface area contributed by atoms with Gasteiger partial charge >= 0.3 is 6.61 Å². The van der Waals surface area contributed by atoms with E-state index in [1.165, 1.54) is 35.7 Å². The van der Waals surface area contributed by atoms with Crippen molar-refractivity contribution < 1.29 is 23.0 Å². The number of para-hydroxylation sites is 1. The van der Waals surface area contributed by atoms with Gasteiger partial charge in [-0.15, -0.1) is 11.3 Å². The molecule has 0 radical (unpaired) electrons. The zero-order chi connectivity index (χ0) is 26.9. The van der Waals surface area contributed by atoms with E-state index in [9.17, 15) is 13.6 Å². The standard InChI is InChI=1S/C24H17F2N5O3S.C2H6/c1-14(2)33-21-16(4-3-5-18(21)34-23(25)26)7-8-17-20(31-10-11-35-24(31)29-17)22(32)30-19-9-6-15(12-27)13-28-19;1-2/h3-11,13,23H,1H2,2H3,(H,28,30,32);1-2H3/b8-7+;. The normalized spacial score (nSPS) is 10.6. The number of benzene rings is 1. The molecular weight excluding hydrogens is 500 g/mol. The first-order valence-electron chi connectivity index (χ1n) is 11.1.